The third-order valence-corrected chi connectivity index (χ3v) is 4.57. The van der Waals surface area contributed by atoms with Crippen LogP contribution in [0.3, 0.4) is 0 Å². The number of anilines is 1. The Bertz CT molecular complexity index is 1200. The molecule has 1 amide bonds. The molecule has 31 heavy (non-hydrogen) atoms. The van der Waals surface area contributed by atoms with Crippen LogP contribution in [-0.2, 0) is 13.1 Å². The summed E-state index contributed by atoms with van der Waals surface area (Å²) in [5.74, 6) is 0.309. The number of ether oxygens (including phenoxy) is 1. The molecule has 0 radical (unpaired) electrons. The second-order valence-corrected chi connectivity index (χ2v) is 6.76. The SMILES string of the molecule is O=C(Nc1ccccc1Cn1cccn1)c1ccc(=O)n(CCOc2ccccc2)n1. The largest absolute Gasteiger partial charge is 0.492 e. The zero-order valence-corrected chi connectivity index (χ0v) is 16.7. The van der Waals surface area contributed by atoms with Gasteiger partial charge in [0.15, 0.2) is 0 Å². The predicted octanol–water partition coefficient (Wildman–Crippen LogP) is 2.82. The van der Waals surface area contributed by atoms with Gasteiger partial charge in [-0.1, -0.05) is 36.4 Å². The number of carbonyl (C=O) groups excluding carboxylic acids is 1. The number of para-hydroxylation sites is 2. The van der Waals surface area contributed by atoms with Crippen LogP contribution in [-0.4, -0.2) is 32.1 Å². The van der Waals surface area contributed by atoms with Crippen molar-refractivity contribution in [2.75, 3.05) is 11.9 Å². The number of hydrogen-bond acceptors (Lipinski definition) is 5. The van der Waals surface area contributed by atoms with E-state index in [1.54, 1.807) is 10.9 Å². The number of hydrogen-bond donors (Lipinski definition) is 1. The van der Waals surface area contributed by atoms with E-state index in [4.69, 9.17) is 4.74 Å². The van der Waals surface area contributed by atoms with Crippen molar-refractivity contribution in [3.05, 3.63) is 107 Å². The van der Waals surface area contributed by atoms with Crippen LogP contribution in [0.2, 0.25) is 0 Å². The number of benzene rings is 2. The topological polar surface area (TPSA) is 91.0 Å². The smallest absolute Gasteiger partial charge is 0.276 e. The summed E-state index contributed by atoms with van der Waals surface area (Å²) in [6.07, 6.45) is 3.56. The highest BCUT2D eigenvalue weighted by Crippen LogP contribution is 2.17. The van der Waals surface area contributed by atoms with Gasteiger partial charge in [-0.25, -0.2) is 4.68 Å². The first-order chi connectivity index (χ1) is 15.2. The van der Waals surface area contributed by atoms with Crippen molar-refractivity contribution >= 4 is 11.6 Å². The summed E-state index contributed by atoms with van der Waals surface area (Å²) in [6, 6.07) is 21.4. The van der Waals surface area contributed by atoms with Gasteiger partial charge in [0.25, 0.3) is 11.5 Å². The Morgan fingerprint density at radius 3 is 2.58 bits per heavy atom. The fourth-order valence-corrected chi connectivity index (χ4v) is 3.03. The number of aromatic nitrogens is 4. The van der Waals surface area contributed by atoms with Crippen LogP contribution in [0, 0.1) is 0 Å². The van der Waals surface area contributed by atoms with Gasteiger partial charge in [0.1, 0.15) is 18.1 Å². The lowest BCUT2D eigenvalue weighted by Crippen LogP contribution is -2.28. The molecule has 2 aromatic carbocycles. The van der Waals surface area contributed by atoms with Crippen molar-refractivity contribution in [1.29, 1.82) is 0 Å². The van der Waals surface area contributed by atoms with Gasteiger partial charge >= 0.3 is 0 Å². The first kappa shape index (κ1) is 20.1. The van der Waals surface area contributed by atoms with Crippen molar-refractivity contribution in [2.45, 2.75) is 13.1 Å². The lowest BCUT2D eigenvalue weighted by atomic mass is 10.1. The average Bonchev–Trinajstić information content (AvgIpc) is 3.30. The van der Waals surface area contributed by atoms with Crippen LogP contribution < -0.4 is 15.6 Å². The molecular formula is C23H21N5O3. The third kappa shape index (κ3) is 5.24. The molecule has 0 atom stereocenters. The van der Waals surface area contributed by atoms with E-state index in [0.29, 0.717) is 18.0 Å². The summed E-state index contributed by atoms with van der Waals surface area (Å²) in [5.41, 5.74) is 1.42. The van der Waals surface area contributed by atoms with Crippen molar-refractivity contribution < 1.29 is 9.53 Å². The molecule has 0 fully saturated rings. The Hall–Kier alpha value is -4.20. The molecule has 156 valence electrons. The summed E-state index contributed by atoms with van der Waals surface area (Å²) in [7, 11) is 0. The number of amides is 1. The number of carbonyl (C=O) groups is 1. The third-order valence-electron chi connectivity index (χ3n) is 4.57. The minimum Gasteiger partial charge on any atom is -0.492 e. The van der Waals surface area contributed by atoms with E-state index < -0.39 is 5.91 Å². The van der Waals surface area contributed by atoms with Gasteiger partial charge in [0.05, 0.1) is 13.1 Å². The summed E-state index contributed by atoms with van der Waals surface area (Å²) < 4.78 is 8.62. The molecule has 1 N–H and O–H groups in total. The number of nitrogens with one attached hydrogen (secondary N) is 1. The van der Waals surface area contributed by atoms with Gasteiger partial charge in [-0.15, -0.1) is 0 Å². The van der Waals surface area contributed by atoms with Gasteiger partial charge in [-0.05, 0) is 35.9 Å². The van der Waals surface area contributed by atoms with E-state index in [0.717, 1.165) is 5.56 Å². The Balaban J connectivity index is 1.44. The number of rotatable bonds is 8. The summed E-state index contributed by atoms with van der Waals surface area (Å²) in [4.78, 5) is 24.9. The van der Waals surface area contributed by atoms with Gasteiger partial charge in [-0.3, -0.25) is 14.3 Å². The average molecular weight is 415 g/mol. The van der Waals surface area contributed by atoms with Gasteiger partial charge in [0, 0.05) is 24.1 Å². The zero-order valence-electron chi connectivity index (χ0n) is 16.7. The van der Waals surface area contributed by atoms with Gasteiger partial charge in [0.2, 0.25) is 0 Å². The van der Waals surface area contributed by atoms with Crippen LogP contribution in [0.5, 0.6) is 5.75 Å². The van der Waals surface area contributed by atoms with E-state index in [9.17, 15) is 9.59 Å². The van der Waals surface area contributed by atoms with Crippen molar-refractivity contribution in [2.24, 2.45) is 0 Å². The molecular weight excluding hydrogens is 394 g/mol. The lowest BCUT2D eigenvalue weighted by Gasteiger charge is -2.12. The molecule has 0 saturated carbocycles. The number of nitrogens with zero attached hydrogens (tertiary/aromatic N) is 4. The van der Waals surface area contributed by atoms with E-state index in [1.807, 2.05) is 66.9 Å². The zero-order chi connectivity index (χ0) is 21.5. The van der Waals surface area contributed by atoms with Gasteiger partial charge in [-0.2, -0.15) is 10.2 Å². The quantitative estimate of drug-likeness (QED) is 0.478. The minimum absolute atomic E-state index is 0.146. The maximum absolute atomic E-state index is 12.8. The van der Waals surface area contributed by atoms with Gasteiger partial charge < -0.3 is 10.1 Å². The predicted molar refractivity (Wildman–Crippen MR) is 116 cm³/mol. The first-order valence-electron chi connectivity index (χ1n) is 9.82. The van der Waals surface area contributed by atoms with Crippen LogP contribution in [0.4, 0.5) is 5.69 Å². The van der Waals surface area contributed by atoms with E-state index in [2.05, 4.69) is 15.5 Å². The minimum atomic E-state index is -0.398. The fraction of sp³-hybridized carbons (Fsp3) is 0.130. The van der Waals surface area contributed by atoms with Crippen LogP contribution in [0.25, 0.3) is 0 Å². The molecule has 2 heterocycles. The highest BCUT2D eigenvalue weighted by Gasteiger charge is 2.12. The monoisotopic (exact) mass is 415 g/mol. The van der Waals surface area contributed by atoms with Crippen molar-refractivity contribution in [3.8, 4) is 5.75 Å². The molecule has 0 aliphatic heterocycles. The van der Waals surface area contributed by atoms with Crippen molar-refractivity contribution in [1.82, 2.24) is 19.6 Å². The Morgan fingerprint density at radius 1 is 0.968 bits per heavy atom. The lowest BCUT2D eigenvalue weighted by molar-refractivity contribution is 0.101. The molecule has 0 saturated heterocycles. The summed E-state index contributed by atoms with van der Waals surface area (Å²) >= 11 is 0. The summed E-state index contributed by atoms with van der Waals surface area (Å²) in [6.45, 7) is 1.01. The molecule has 8 nitrogen and oxygen atoms in total. The first-order valence-corrected chi connectivity index (χ1v) is 9.82. The maximum atomic E-state index is 12.8. The molecule has 0 aliphatic rings. The molecule has 0 unspecified atom stereocenters. The summed E-state index contributed by atoms with van der Waals surface area (Å²) in [5, 5.41) is 11.3. The highest BCUT2D eigenvalue weighted by atomic mass is 16.5. The second kappa shape index (κ2) is 9.53. The standard InChI is InChI=1S/C23H21N5O3/c29-22-12-11-21(26-28(22)15-16-31-19-8-2-1-3-9-19)23(30)25-20-10-5-4-7-18(20)17-27-14-6-13-24-27/h1-14H,15-17H2,(H,25,30). The van der Waals surface area contributed by atoms with E-state index in [-0.39, 0.29) is 24.4 Å². The second-order valence-electron chi connectivity index (χ2n) is 6.76. The molecule has 0 aliphatic carbocycles. The Morgan fingerprint density at radius 2 is 1.77 bits per heavy atom. The normalized spacial score (nSPS) is 10.6. The molecule has 2 aromatic heterocycles. The highest BCUT2D eigenvalue weighted by molar-refractivity contribution is 6.03. The fourth-order valence-electron chi connectivity index (χ4n) is 3.03. The molecule has 8 heteroatoms. The molecule has 0 bridgehead atoms. The van der Waals surface area contributed by atoms with Crippen LogP contribution >= 0.6 is 0 Å². The van der Waals surface area contributed by atoms with E-state index in [1.165, 1.54) is 16.8 Å². The molecule has 4 aromatic rings. The molecule has 0 spiro atoms. The van der Waals surface area contributed by atoms with Crippen molar-refractivity contribution in [3.63, 3.8) is 0 Å². The maximum Gasteiger partial charge on any atom is 0.276 e. The van der Waals surface area contributed by atoms with Crippen LogP contribution in [0.1, 0.15) is 16.1 Å². The van der Waals surface area contributed by atoms with Crippen LogP contribution in [0.15, 0.2) is 90.0 Å². The van der Waals surface area contributed by atoms with E-state index >= 15 is 0 Å². The Labute approximate surface area is 178 Å². The molecule has 4 rings (SSSR count). The Kier molecular flexibility index (Phi) is 6.18.